The molecule has 0 spiro atoms. The second kappa shape index (κ2) is 4.29. The van der Waals surface area contributed by atoms with Gasteiger partial charge in [0.25, 0.3) is 0 Å². The first-order valence-electron chi connectivity index (χ1n) is 5.86. The Morgan fingerprint density at radius 2 is 2.47 bits per heavy atom. The van der Waals surface area contributed by atoms with Gasteiger partial charge in [-0.25, -0.2) is 4.98 Å². The predicted molar refractivity (Wildman–Crippen MR) is 61.3 cm³/mol. The van der Waals surface area contributed by atoms with E-state index in [9.17, 15) is 0 Å². The van der Waals surface area contributed by atoms with Gasteiger partial charge in [-0.2, -0.15) is 4.98 Å². The van der Waals surface area contributed by atoms with E-state index in [0.717, 1.165) is 37.6 Å². The Morgan fingerprint density at radius 1 is 1.53 bits per heavy atom. The first-order valence-corrected chi connectivity index (χ1v) is 5.86. The van der Waals surface area contributed by atoms with Gasteiger partial charge in [-0.05, 0) is 19.4 Å². The van der Waals surface area contributed by atoms with E-state index in [1.807, 2.05) is 17.8 Å². The first kappa shape index (κ1) is 10.5. The molecule has 1 saturated heterocycles. The highest BCUT2D eigenvalue weighted by molar-refractivity contribution is 5.42. The number of aromatic nitrogens is 4. The van der Waals surface area contributed by atoms with Gasteiger partial charge in [0.2, 0.25) is 11.7 Å². The first-order chi connectivity index (χ1) is 8.34. The van der Waals surface area contributed by atoms with E-state index < -0.39 is 0 Å². The van der Waals surface area contributed by atoms with E-state index in [0.29, 0.717) is 11.7 Å². The smallest absolute Gasteiger partial charge is 0.238 e. The fourth-order valence-electron chi connectivity index (χ4n) is 2.14. The second-order valence-electron chi connectivity index (χ2n) is 4.36. The van der Waals surface area contributed by atoms with Crippen LogP contribution in [0.5, 0.6) is 0 Å². The van der Waals surface area contributed by atoms with E-state index in [4.69, 9.17) is 4.52 Å². The normalized spacial score (nSPS) is 20.6. The largest absolute Gasteiger partial charge is 0.339 e. The highest BCUT2D eigenvalue weighted by Crippen LogP contribution is 2.23. The van der Waals surface area contributed by atoms with Crippen LogP contribution in [-0.4, -0.2) is 32.8 Å². The summed E-state index contributed by atoms with van der Waals surface area (Å²) in [6.45, 7) is 2.00. The van der Waals surface area contributed by atoms with Gasteiger partial charge in [0.15, 0.2) is 5.82 Å². The monoisotopic (exact) mass is 233 g/mol. The minimum absolute atomic E-state index is 0.338. The van der Waals surface area contributed by atoms with E-state index >= 15 is 0 Å². The molecule has 3 heterocycles. The summed E-state index contributed by atoms with van der Waals surface area (Å²) >= 11 is 0. The second-order valence-corrected chi connectivity index (χ2v) is 4.36. The third kappa shape index (κ3) is 1.95. The van der Waals surface area contributed by atoms with E-state index in [-0.39, 0.29) is 0 Å². The van der Waals surface area contributed by atoms with Gasteiger partial charge in [-0.3, -0.25) is 0 Å². The molecule has 17 heavy (non-hydrogen) atoms. The molecule has 2 aromatic heterocycles. The molecule has 6 nitrogen and oxygen atoms in total. The van der Waals surface area contributed by atoms with Crippen LogP contribution in [0.3, 0.4) is 0 Å². The van der Waals surface area contributed by atoms with Crippen LogP contribution in [0.15, 0.2) is 16.9 Å². The summed E-state index contributed by atoms with van der Waals surface area (Å²) in [5.41, 5.74) is 0. The van der Waals surface area contributed by atoms with Crippen molar-refractivity contribution >= 4 is 0 Å². The van der Waals surface area contributed by atoms with E-state index in [1.165, 1.54) is 0 Å². The lowest BCUT2D eigenvalue weighted by Gasteiger charge is -2.18. The lowest BCUT2D eigenvalue weighted by atomic mass is 10.00. The molecule has 1 N–H and O–H groups in total. The van der Waals surface area contributed by atoms with Crippen LogP contribution in [0, 0.1) is 0 Å². The van der Waals surface area contributed by atoms with Gasteiger partial charge in [0, 0.05) is 26.0 Å². The molecule has 2 aromatic rings. The maximum Gasteiger partial charge on any atom is 0.238 e. The average Bonchev–Trinajstić information content (AvgIpc) is 2.98. The summed E-state index contributed by atoms with van der Waals surface area (Å²) in [5, 5.41) is 7.34. The zero-order valence-corrected chi connectivity index (χ0v) is 9.76. The number of nitrogens with zero attached hydrogens (tertiary/aromatic N) is 4. The molecule has 0 aliphatic carbocycles. The Morgan fingerprint density at radius 3 is 3.18 bits per heavy atom. The molecule has 1 aliphatic heterocycles. The van der Waals surface area contributed by atoms with Crippen LogP contribution < -0.4 is 5.32 Å². The van der Waals surface area contributed by atoms with Crippen molar-refractivity contribution in [2.75, 3.05) is 13.1 Å². The Bertz CT molecular complexity index is 497. The summed E-state index contributed by atoms with van der Waals surface area (Å²) in [5.74, 6) is 2.36. The quantitative estimate of drug-likeness (QED) is 0.836. The zero-order chi connectivity index (χ0) is 11.7. The van der Waals surface area contributed by atoms with Crippen molar-refractivity contribution in [2.45, 2.75) is 18.8 Å². The number of imidazole rings is 1. The van der Waals surface area contributed by atoms with Crippen LogP contribution >= 0.6 is 0 Å². The molecular formula is C11H15N5O. The summed E-state index contributed by atoms with van der Waals surface area (Å²) in [6.07, 6.45) is 5.86. The number of rotatable bonds is 2. The van der Waals surface area contributed by atoms with Gasteiger partial charge < -0.3 is 14.4 Å². The topological polar surface area (TPSA) is 68.8 Å². The van der Waals surface area contributed by atoms with Crippen molar-refractivity contribution in [3.8, 4) is 11.6 Å². The lowest BCUT2D eigenvalue weighted by molar-refractivity contribution is 0.322. The van der Waals surface area contributed by atoms with Crippen LogP contribution in [0.2, 0.25) is 0 Å². The van der Waals surface area contributed by atoms with Crippen LogP contribution in [0.25, 0.3) is 11.6 Å². The maximum absolute atomic E-state index is 5.33. The highest BCUT2D eigenvalue weighted by atomic mass is 16.5. The van der Waals surface area contributed by atoms with E-state index in [2.05, 4.69) is 20.4 Å². The summed E-state index contributed by atoms with van der Waals surface area (Å²) in [4.78, 5) is 8.64. The van der Waals surface area contributed by atoms with Crippen LogP contribution in [0.1, 0.15) is 24.7 Å². The Kier molecular flexibility index (Phi) is 2.64. The number of hydrogen-bond acceptors (Lipinski definition) is 5. The SMILES string of the molecule is Cn1ccnc1-c1noc([C@H]2CCCNC2)n1. The fourth-order valence-corrected chi connectivity index (χ4v) is 2.14. The number of piperidine rings is 1. The number of hydrogen-bond donors (Lipinski definition) is 1. The van der Waals surface area contributed by atoms with Crippen molar-refractivity contribution < 1.29 is 4.52 Å². The minimum atomic E-state index is 0.338. The van der Waals surface area contributed by atoms with Crippen molar-refractivity contribution in [3.63, 3.8) is 0 Å². The van der Waals surface area contributed by atoms with Gasteiger partial charge in [-0.15, -0.1) is 0 Å². The average molecular weight is 233 g/mol. The minimum Gasteiger partial charge on any atom is -0.339 e. The predicted octanol–water partition coefficient (Wildman–Crippen LogP) is 0.937. The molecule has 90 valence electrons. The molecule has 0 aromatic carbocycles. The summed E-state index contributed by atoms with van der Waals surface area (Å²) < 4.78 is 7.21. The molecular weight excluding hydrogens is 218 g/mol. The molecule has 0 bridgehead atoms. The van der Waals surface area contributed by atoms with Crippen LogP contribution in [0.4, 0.5) is 0 Å². The molecule has 0 unspecified atom stereocenters. The van der Waals surface area contributed by atoms with Crippen molar-refractivity contribution in [3.05, 3.63) is 18.3 Å². The van der Waals surface area contributed by atoms with Crippen molar-refractivity contribution in [2.24, 2.45) is 7.05 Å². The molecule has 3 rings (SSSR count). The molecule has 0 amide bonds. The summed E-state index contributed by atoms with van der Waals surface area (Å²) in [7, 11) is 1.92. The van der Waals surface area contributed by atoms with Crippen molar-refractivity contribution in [1.82, 2.24) is 25.0 Å². The van der Waals surface area contributed by atoms with Crippen molar-refractivity contribution in [1.29, 1.82) is 0 Å². The van der Waals surface area contributed by atoms with Gasteiger partial charge in [0.1, 0.15) is 0 Å². The highest BCUT2D eigenvalue weighted by Gasteiger charge is 2.22. The molecule has 1 aliphatic rings. The van der Waals surface area contributed by atoms with Gasteiger partial charge >= 0.3 is 0 Å². The molecule has 1 fully saturated rings. The third-order valence-electron chi connectivity index (χ3n) is 3.11. The standard InChI is InChI=1S/C11H15N5O/c1-16-6-5-13-10(16)9-14-11(17-15-9)8-3-2-4-12-7-8/h5-6,8,12H,2-4,7H2,1H3/t8-/m0/s1. The Labute approximate surface area is 99.0 Å². The molecule has 0 saturated carbocycles. The zero-order valence-electron chi connectivity index (χ0n) is 9.76. The molecule has 6 heteroatoms. The Hall–Kier alpha value is -1.69. The third-order valence-corrected chi connectivity index (χ3v) is 3.11. The molecule has 0 radical (unpaired) electrons. The van der Waals surface area contributed by atoms with Gasteiger partial charge in [-0.1, -0.05) is 5.16 Å². The molecule has 1 atom stereocenters. The lowest BCUT2D eigenvalue weighted by Crippen LogP contribution is -2.28. The number of nitrogens with one attached hydrogen (secondary N) is 1. The van der Waals surface area contributed by atoms with Gasteiger partial charge in [0.05, 0.1) is 5.92 Å². The van der Waals surface area contributed by atoms with E-state index in [1.54, 1.807) is 6.20 Å². The fraction of sp³-hybridized carbons (Fsp3) is 0.545. The van der Waals surface area contributed by atoms with Crippen LogP contribution in [-0.2, 0) is 7.05 Å². The number of aryl methyl sites for hydroxylation is 1. The maximum atomic E-state index is 5.33. The summed E-state index contributed by atoms with van der Waals surface area (Å²) in [6, 6.07) is 0. The Balaban J connectivity index is 1.85.